The van der Waals surface area contributed by atoms with E-state index in [1.54, 1.807) is 25.9 Å². The molecule has 3 heterocycles. The third-order valence-electron chi connectivity index (χ3n) is 3.81. The number of hydrogen-bond acceptors (Lipinski definition) is 10. The van der Waals surface area contributed by atoms with Crippen molar-refractivity contribution in [3.63, 3.8) is 0 Å². The van der Waals surface area contributed by atoms with Gasteiger partial charge in [0, 0.05) is 20.4 Å². The molecular weight excluding hydrogens is 416 g/mol. The third kappa shape index (κ3) is 5.10. The number of amides is 1. The van der Waals surface area contributed by atoms with Crippen LogP contribution in [0.3, 0.4) is 0 Å². The zero-order chi connectivity index (χ0) is 20.8. The van der Waals surface area contributed by atoms with Crippen molar-refractivity contribution in [2.75, 3.05) is 31.9 Å². The zero-order valence-corrected chi connectivity index (χ0v) is 18.2. The Bertz CT molecular complexity index is 967. The summed E-state index contributed by atoms with van der Waals surface area (Å²) < 4.78 is 14.1. The average Bonchev–Trinajstić information content (AvgIpc) is 3.42. The van der Waals surface area contributed by atoms with Crippen molar-refractivity contribution in [2.45, 2.75) is 25.0 Å². The molecule has 1 amide bonds. The largest absolute Gasteiger partial charge is 0.479 e. The van der Waals surface area contributed by atoms with Crippen molar-refractivity contribution in [3.8, 4) is 17.3 Å². The summed E-state index contributed by atoms with van der Waals surface area (Å²) in [5.74, 6) is 1.04. The lowest BCUT2D eigenvalue weighted by Crippen LogP contribution is -2.15. The molecule has 0 aliphatic heterocycles. The molecule has 0 unspecified atom stereocenters. The van der Waals surface area contributed by atoms with E-state index in [1.807, 2.05) is 17.7 Å². The minimum Gasteiger partial charge on any atom is -0.479 e. The molecule has 0 saturated carbocycles. The van der Waals surface area contributed by atoms with Gasteiger partial charge in [0.15, 0.2) is 11.0 Å². The topological polar surface area (TPSA) is 122 Å². The number of carbonyl (C=O) groups excluding carboxylic acids is 1. The first kappa shape index (κ1) is 21.2. The van der Waals surface area contributed by atoms with Gasteiger partial charge in [0.25, 0.3) is 0 Å². The second kappa shape index (κ2) is 9.80. The minimum atomic E-state index is -0.185. The fraction of sp³-hybridized carbons (Fsp3) is 0.500. The molecule has 0 spiro atoms. The van der Waals surface area contributed by atoms with Crippen molar-refractivity contribution in [3.05, 3.63) is 11.2 Å². The summed E-state index contributed by atoms with van der Waals surface area (Å²) in [5, 5.41) is 25.5. The van der Waals surface area contributed by atoms with Crippen LogP contribution in [-0.2, 0) is 29.5 Å². The number of rotatable bonds is 10. The highest BCUT2D eigenvalue weighted by atomic mass is 32.2. The van der Waals surface area contributed by atoms with Crippen LogP contribution >= 0.6 is 23.1 Å². The Kier molecular flexibility index (Phi) is 7.17. The molecule has 0 aliphatic carbocycles. The second-order valence-corrected chi connectivity index (χ2v) is 7.87. The second-order valence-electron chi connectivity index (χ2n) is 5.87. The van der Waals surface area contributed by atoms with Gasteiger partial charge in [-0.25, -0.2) is 0 Å². The summed E-state index contributed by atoms with van der Waals surface area (Å²) in [6.07, 6.45) is 2.60. The van der Waals surface area contributed by atoms with E-state index in [9.17, 15) is 4.79 Å². The quantitative estimate of drug-likeness (QED) is 0.469. The normalized spacial score (nSPS) is 11.0. The minimum absolute atomic E-state index is 0.163. The Hall–Kier alpha value is -2.51. The maximum atomic E-state index is 12.3. The summed E-state index contributed by atoms with van der Waals surface area (Å²) in [5.41, 5.74) is 0.718. The first-order chi connectivity index (χ1) is 14.0. The molecule has 3 aromatic rings. The number of aryl methyl sites for hydroxylation is 2. The maximum Gasteiger partial charge on any atom is 0.243 e. The van der Waals surface area contributed by atoms with Crippen molar-refractivity contribution < 1.29 is 14.3 Å². The molecule has 3 aromatic heterocycles. The van der Waals surface area contributed by atoms with Crippen LogP contribution in [0.5, 0.6) is 5.88 Å². The number of thioether (sulfide) groups is 1. The van der Waals surface area contributed by atoms with E-state index in [0.717, 1.165) is 17.0 Å². The number of ether oxygens (including phenoxy) is 2. The predicted molar refractivity (Wildman–Crippen MR) is 109 cm³/mol. The number of carbonyl (C=O) groups is 1. The number of nitrogens with one attached hydrogen (secondary N) is 1. The Balaban J connectivity index is 1.74. The smallest absolute Gasteiger partial charge is 0.243 e. The Labute approximate surface area is 175 Å². The van der Waals surface area contributed by atoms with Crippen LogP contribution in [0.1, 0.15) is 11.9 Å². The molecule has 0 radical (unpaired) electrons. The van der Waals surface area contributed by atoms with E-state index >= 15 is 0 Å². The molecule has 13 heteroatoms. The van der Waals surface area contributed by atoms with Crippen molar-refractivity contribution in [2.24, 2.45) is 7.05 Å². The molecule has 29 heavy (non-hydrogen) atoms. The monoisotopic (exact) mass is 438 g/mol. The Morgan fingerprint density at radius 2 is 2.10 bits per heavy atom. The van der Waals surface area contributed by atoms with Crippen LogP contribution in [0.2, 0.25) is 0 Å². The van der Waals surface area contributed by atoms with Crippen LogP contribution in [-0.4, -0.2) is 67.2 Å². The summed E-state index contributed by atoms with van der Waals surface area (Å²) >= 11 is 2.65. The van der Waals surface area contributed by atoms with Gasteiger partial charge < -0.3 is 9.47 Å². The number of nitrogens with zero attached hydrogens (tertiary/aromatic N) is 7. The van der Waals surface area contributed by atoms with E-state index < -0.39 is 0 Å². The highest BCUT2D eigenvalue weighted by Crippen LogP contribution is 2.30. The van der Waals surface area contributed by atoms with Crippen LogP contribution in [0.15, 0.2) is 11.4 Å². The molecular formula is C16H22N8O3S2. The van der Waals surface area contributed by atoms with Crippen molar-refractivity contribution in [1.82, 2.24) is 34.7 Å². The van der Waals surface area contributed by atoms with Gasteiger partial charge in [0.1, 0.15) is 10.6 Å². The van der Waals surface area contributed by atoms with Gasteiger partial charge in [-0.3, -0.25) is 19.4 Å². The molecule has 11 nitrogen and oxygen atoms in total. The van der Waals surface area contributed by atoms with Crippen molar-refractivity contribution in [1.29, 1.82) is 0 Å². The number of methoxy groups -OCH3 is 2. The van der Waals surface area contributed by atoms with Gasteiger partial charge in [-0.05, 0) is 6.42 Å². The van der Waals surface area contributed by atoms with Gasteiger partial charge in [0.2, 0.25) is 16.9 Å². The van der Waals surface area contributed by atoms with Crippen molar-refractivity contribution >= 4 is 34.1 Å². The molecule has 3 rings (SSSR count). The van der Waals surface area contributed by atoms with E-state index in [0.29, 0.717) is 35.1 Å². The molecule has 0 fully saturated rings. The third-order valence-corrected chi connectivity index (χ3v) is 5.76. The lowest BCUT2D eigenvalue weighted by atomic mass is 10.3. The highest BCUT2D eigenvalue weighted by molar-refractivity contribution is 7.99. The molecule has 1 N–H and O–H groups in total. The fourth-order valence-corrected chi connectivity index (χ4v) is 3.94. The fourth-order valence-electron chi connectivity index (χ4n) is 2.48. The lowest BCUT2D eigenvalue weighted by molar-refractivity contribution is -0.113. The van der Waals surface area contributed by atoms with Crippen LogP contribution < -0.4 is 10.1 Å². The van der Waals surface area contributed by atoms with Gasteiger partial charge in [-0.15, -0.1) is 25.5 Å². The van der Waals surface area contributed by atoms with Gasteiger partial charge in [0.05, 0.1) is 26.0 Å². The predicted octanol–water partition coefficient (Wildman–Crippen LogP) is 1.48. The Morgan fingerprint density at radius 1 is 1.28 bits per heavy atom. The number of hydrogen-bond donors (Lipinski definition) is 1. The maximum absolute atomic E-state index is 12.3. The number of aromatic nitrogens is 7. The highest BCUT2D eigenvalue weighted by Gasteiger charge is 2.21. The van der Waals surface area contributed by atoms with Gasteiger partial charge in [-0.1, -0.05) is 30.0 Å². The van der Waals surface area contributed by atoms with Crippen LogP contribution in [0, 0.1) is 0 Å². The standard InChI is InChI=1S/C16H22N8O3S2/c1-5-12-18-20-15(29-12)17-11(25)9-28-16-21-19-13(24(16)6-7-26-3)10-8-23(2)22-14(10)27-4/h8H,5-7,9H2,1-4H3,(H,17,20,25). The molecule has 0 saturated heterocycles. The molecule has 0 aliphatic rings. The molecule has 0 aromatic carbocycles. The van der Waals surface area contributed by atoms with Gasteiger partial charge >= 0.3 is 0 Å². The van der Waals surface area contributed by atoms with E-state index in [-0.39, 0.29) is 11.7 Å². The molecule has 0 bridgehead atoms. The van der Waals surface area contributed by atoms with E-state index in [4.69, 9.17) is 9.47 Å². The van der Waals surface area contributed by atoms with E-state index in [2.05, 4.69) is 30.8 Å². The van der Waals surface area contributed by atoms with Crippen LogP contribution in [0.4, 0.5) is 5.13 Å². The zero-order valence-electron chi connectivity index (χ0n) is 16.6. The average molecular weight is 439 g/mol. The summed E-state index contributed by atoms with van der Waals surface area (Å²) in [6.45, 7) is 2.98. The number of anilines is 1. The lowest BCUT2D eigenvalue weighted by Gasteiger charge is -2.09. The molecule has 0 atom stereocenters. The van der Waals surface area contributed by atoms with Gasteiger partial charge in [-0.2, -0.15) is 0 Å². The first-order valence-electron chi connectivity index (χ1n) is 8.80. The van der Waals surface area contributed by atoms with Crippen LogP contribution in [0.25, 0.3) is 11.4 Å². The summed E-state index contributed by atoms with van der Waals surface area (Å²) in [4.78, 5) is 12.3. The first-order valence-corrected chi connectivity index (χ1v) is 10.6. The molecule has 156 valence electrons. The Morgan fingerprint density at radius 3 is 2.79 bits per heavy atom. The van der Waals surface area contributed by atoms with E-state index in [1.165, 1.54) is 23.1 Å². The SMILES string of the molecule is CCc1nnc(NC(=O)CSc2nnc(-c3cn(C)nc3OC)n2CCOC)s1. The summed E-state index contributed by atoms with van der Waals surface area (Å²) in [7, 11) is 4.99. The summed E-state index contributed by atoms with van der Waals surface area (Å²) in [6, 6.07) is 0.